The summed E-state index contributed by atoms with van der Waals surface area (Å²) in [5.41, 5.74) is 3.42. The molecule has 4 rings (SSSR count). The predicted octanol–water partition coefficient (Wildman–Crippen LogP) is 4.33. The Morgan fingerprint density at radius 1 is 1.06 bits per heavy atom. The number of aliphatic hydroxyl groups is 1. The molecule has 6 heteroatoms. The molecule has 1 aliphatic heterocycles. The molecule has 1 atom stereocenters. The molecule has 0 saturated carbocycles. The van der Waals surface area contributed by atoms with Crippen molar-refractivity contribution in [2.24, 2.45) is 0 Å². The molecule has 0 radical (unpaired) electrons. The lowest BCUT2D eigenvalue weighted by atomic mass is 9.94. The van der Waals surface area contributed by atoms with Gasteiger partial charge in [0.1, 0.15) is 11.5 Å². The summed E-state index contributed by atoms with van der Waals surface area (Å²) in [6, 6.07) is 15.2. The number of benzene rings is 2. The number of ether oxygens (including phenoxy) is 1. The minimum atomic E-state index is -0.819. The Morgan fingerprint density at radius 3 is 2.58 bits per heavy atom. The van der Waals surface area contributed by atoms with Crippen LogP contribution in [0.1, 0.15) is 28.3 Å². The maximum Gasteiger partial charge on any atom is 0.300 e. The SMILES string of the molecule is COc1cccc(N2C(=O)C(=O)/C(=C(/O)c3cc(C)ccc3C)C2c2cccnc2)c1. The molecule has 0 bridgehead atoms. The number of hydrogen-bond donors (Lipinski definition) is 1. The van der Waals surface area contributed by atoms with Crippen molar-refractivity contribution in [3.05, 3.63) is 94.8 Å². The van der Waals surface area contributed by atoms with E-state index < -0.39 is 17.7 Å². The molecular weight excluding hydrogens is 392 g/mol. The van der Waals surface area contributed by atoms with Gasteiger partial charge in [-0.15, -0.1) is 0 Å². The average Bonchev–Trinajstić information content (AvgIpc) is 3.06. The van der Waals surface area contributed by atoms with Gasteiger partial charge >= 0.3 is 0 Å². The second kappa shape index (κ2) is 8.07. The molecule has 0 spiro atoms. The number of ketones is 1. The number of aromatic nitrogens is 1. The highest BCUT2D eigenvalue weighted by Crippen LogP contribution is 2.42. The van der Waals surface area contributed by atoms with E-state index in [2.05, 4.69) is 4.98 Å². The van der Waals surface area contributed by atoms with Crippen LogP contribution in [0.5, 0.6) is 5.75 Å². The fourth-order valence-corrected chi connectivity index (χ4v) is 3.85. The molecule has 1 saturated heterocycles. The fraction of sp³-hybridized carbons (Fsp3) is 0.160. The van der Waals surface area contributed by atoms with Crippen molar-refractivity contribution in [2.45, 2.75) is 19.9 Å². The molecule has 1 fully saturated rings. The van der Waals surface area contributed by atoms with Crippen LogP contribution in [0, 0.1) is 13.8 Å². The molecule has 0 aliphatic carbocycles. The van der Waals surface area contributed by atoms with Gasteiger partial charge in [0.15, 0.2) is 0 Å². The summed E-state index contributed by atoms with van der Waals surface area (Å²) < 4.78 is 5.29. The molecule has 1 amide bonds. The van der Waals surface area contributed by atoms with E-state index in [-0.39, 0.29) is 11.3 Å². The number of amides is 1. The zero-order chi connectivity index (χ0) is 22.1. The zero-order valence-corrected chi connectivity index (χ0v) is 17.5. The van der Waals surface area contributed by atoms with Crippen LogP contribution >= 0.6 is 0 Å². The number of aliphatic hydroxyl groups excluding tert-OH is 1. The van der Waals surface area contributed by atoms with Crippen LogP contribution in [0.3, 0.4) is 0 Å². The van der Waals surface area contributed by atoms with Crippen LogP contribution in [0.25, 0.3) is 5.76 Å². The Morgan fingerprint density at radius 2 is 1.87 bits per heavy atom. The highest BCUT2D eigenvalue weighted by molar-refractivity contribution is 6.51. The smallest absolute Gasteiger partial charge is 0.300 e. The molecule has 2 heterocycles. The topological polar surface area (TPSA) is 79.7 Å². The second-order valence-electron chi connectivity index (χ2n) is 7.48. The summed E-state index contributed by atoms with van der Waals surface area (Å²) in [5, 5.41) is 11.2. The quantitative estimate of drug-likeness (QED) is 0.390. The molecule has 1 N–H and O–H groups in total. The van der Waals surface area contributed by atoms with Crippen molar-refractivity contribution in [3.8, 4) is 5.75 Å². The van der Waals surface area contributed by atoms with E-state index in [1.54, 1.807) is 48.8 Å². The minimum Gasteiger partial charge on any atom is -0.507 e. The van der Waals surface area contributed by atoms with Gasteiger partial charge in [-0.2, -0.15) is 0 Å². The van der Waals surface area contributed by atoms with E-state index in [0.717, 1.165) is 11.1 Å². The summed E-state index contributed by atoms with van der Waals surface area (Å²) in [7, 11) is 1.53. The lowest BCUT2D eigenvalue weighted by Gasteiger charge is -2.25. The van der Waals surface area contributed by atoms with Gasteiger partial charge in [0.2, 0.25) is 0 Å². The number of methoxy groups -OCH3 is 1. The summed E-state index contributed by atoms with van der Waals surface area (Å²) >= 11 is 0. The predicted molar refractivity (Wildman–Crippen MR) is 118 cm³/mol. The molecule has 156 valence electrons. The first-order valence-electron chi connectivity index (χ1n) is 9.85. The van der Waals surface area contributed by atoms with Gasteiger partial charge < -0.3 is 9.84 Å². The van der Waals surface area contributed by atoms with Crippen LogP contribution in [0.15, 0.2) is 72.6 Å². The molecule has 1 unspecified atom stereocenters. The lowest BCUT2D eigenvalue weighted by molar-refractivity contribution is -0.132. The molecular formula is C25H22N2O4. The van der Waals surface area contributed by atoms with Crippen LogP contribution in [-0.2, 0) is 9.59 Å². The van der Waals surface area contributed by atoms with E-state index in [1.807, 2.05) is 32.0 Å². The standard InChI is InChI=1S/C25H22N2O4/c1-15-9-10-16(2)20(12-15)23(28)21-22(17-6-5-11-26-14-17)27(25(30)24(21)29)18-7-4-8-19(13-18)31-3/h4-14,22,28H,1-3H3/b23-21+. The number of aryl methyl sites for hydroxylation is 2. The van der Waals surface area contributed by atoms with Gasteiger partial charge in [0.25, 0.3) is 11.7 Å². The monoisotopic (exact) mass is 414 g/mol. The van der Waals surface area contributed by atoms with Crippen molar-refractivity contribution >= 4 is 23.1 Å². The van der Waals surface area contributed by atoms with Gasteiger partial charge in [-0.25, -0.2) is 0 Å². The Labute approximate surface area is 180 Å². The Bertz CT molecular complexity index is 1200. The van der Waals surface area contributed by atoms with Gasteiger partial charge in [0.05, 0.1) is 18.7 Å². The summed E-state index contributed by atoms with van der Waals surface area (Å²) in [4.78, 5) is 31.9. The van der Waals surface area contributed by atoms with Crippen molar-refractivity contribution in [3.63, 3.8) is 0 Å². The van der Waals surface area contributed by atoms with Gasteiger partial charge in [-0.3, -0.25) is 19.5 Å². The van der Waals surface area contributed by atoms with E-state index in [0.29, 0.717) is 22.6 Å². The molecule has 1 aromatic heterocycles. The van der Waals surface area contributed by atoms with Crippen LogP contribution in [-0.4, -0.2) is 28.9 Å². The number of hydrogen-bond acceptors (Lipinski definition) is 5. The van der Waals surface area contributed by atoms with E-state index in [9.17, 15) is 14.7 Å². The van der Waals surface area contributed by atoms with Crippen molar-refractivity contribution in [2.75, 3.05) is 12.0 Å². The molecule has 31 heavy (non-hydrogen) atoms. The van der Waals surface area contributed by atoms with Crippen LogP contribution < -0.4 is 9.64 Å². The maximum absolute atomic E-state index is 13.2. The average molecular weight is 414 g/mol. The number of Topliss-reactive ketones (excluding diaryl/α,β-unsaturated/α-hetero) is 1. The van der Waals surface area contributed by atoms with E-state index >= 15 is 0 Å². The Hall–Kier alpha value is -3.93. The van der Waals surface area contributed by atoms with Crippen molar-refractivity contribution in [1.82, 2.24) is 4.98 Å². The number of carbonyl (C=O) groups excluding carboxylic acids is 2. The highest BCUT2D eigenvalue weighted by Gasteiger charge is 2.47. The number of rotatable bonds is 4. The van der Waals surface area contributed by atoms with Gasteiger partial charge in [-0.05, 0) is 49.2 Å². The van der Waals surface area contributed by atoms with Crippen LogP contribution in [0.2, 0.25) is 0 Å². The zero-order valence-electron chi connectivity index (χ0n) is 17.5. The summed E-state index contributed by atoms with van der Waals surface area (Å²) in [5.74, 6) is -1.10. The van der Waals surface area contributed by atoms with E-state index in [4.69, 9.17) is 4.74 Å². The lowest BCUT2D eigenvalue weighted by Crippen LogP contribution is -2.29. The fourth-order valence-electron chi connectivity index (χ4n) is 3.85. The number of anilines is 1. The normalized spacial score (nSPS) is 17.8. The first-order valence-corrected chi connectivity index (χ1v) is 9.85. The molecule has 6 nitrogen and oxygen atoms in total. The maximum atomic E-state index is 13.2. The third-order valence-electron chi connectivity index (χ3n) is 5.42. The number of pyridine rings is 1. The number of carbonyl (C=O) groups is 2. The van der Waals surface area contributed by atoms with Gasteiger partial charge in [0, 0.05) is 29.7 Å². The summed E-state index contributed by atoms with van der Waals surface area (Å²) in [6.07, 6.45) is 3.21. The Kier molecular flexibility index (Phi) is 5.29. The molecule has 3 aromatic rings. The highest BCUT2D eigenvalue weighted by atomic mass is 16.5. The first-order chi connectivity index (χ1) is 14.9. The van der Waals surface area contributed by atoms with Crippen molar-refractivity contribution < 1.29 is 19.4 Å². The Balaban J connectivity index is 1.97. The largest absolute Gasteiger partial charge is 0.507 e. The van der Waals surface area contributed by atoms with Crippen LogP contribution in [0.4, 0.5) is 5.69 Å². The third kappa shape index (κ3) is 3.57. The number of nitrogens with zero attached hydrogens (tertiary/aromatic N) is 2. The first kappa shape index (κ1) is 20.3. The third-order valence-corrected chi connectivity index (χ3v) is 5.42. The molecule has 1 aliphatic rings. The van der Waals surface area contributed by atoms with Crippen molar-refractivity contribution in [1.29, 1.82) is 0 Å². The van der Waals surface area contributed by atoms with E-state index in [1.165, 1.54) is 12.0 Å². The summed E-state index contributed by atoms with van der Waals surface area (Å²) in [6.45, 7) is 3.76. The minimum absolute atomic E-state index is 0.0366. The molecule has 2 aromatic carbocycles. The second-order valence-corrected chi connectivity index (χ2v) is 7.48. The van der Waals surface area contributed by atoms with Gasteiger partial charge in [-0.1, -0.05) is 29.8 Å².